The van der Waals surface area contributed by atoms with Crippen molar-refractivity contribution in [2.24, 2.45) is 5.73 Å². The number of benzene rings is 2. The van der Waals surface area contributed by atoms with E-state index in [9.17, 15) is 39.0 Å². The van der Waals surface area contributed by atoms with Crippen LogP contribution < -0.4 is 11.1 Å². The lowest BCUT2D eigenvalue weighted by Gasteiger charge is -2.35. The topological polar surface area (TPSA) is 211 Å². The second kappa shape index (κ2) is 11.3. The summed E-state index contributed by atoms with van der Waals surface area (Å²) in [5, 5.41) is 29.7. The van der Waals surface area contributed by atoms with E-state index in [4.69, 9.17) is 11.1 Å². The lowest BCUT2D eigenvalue weighted by molar-refractivity contribution is -0.176. The molecule has 1 unspecified atom stereocenters. The Morgan fingerprint density at radius 2 is 1.68 bits per heavy atom. The number of imide groups is 1. The molecule has 13 heteroatoms. The van der Waals surface area contributed by atoms with E-state index in [2.05, 4.69) is 5.32 Å². The Morgan fingerprint density at radius 3 is 2.18 bits per heavy atom. The van der Waals surface area contributed by atoms with E-state index in [1.165, 1.54) is 36.4 Å². The van der Waals surface area contributed by atoms with Gasteiger partial charge in [-0.15, -0.1) is 0 Å². The van der Waals surface area contributed by atoms with Crippen LogP contribution in [0.4, 0.5) is 0 Å². The first-order chi connectivity index (χ1) is 17.9. The van der Waals surface area contributed by atoms with Crippen LogP contribution in [-0.4, -0.2) is 67.7 Å². The third kappa shape index (κ3) is 5.83. The fourth-order valence-electron chi connectivity index (χ4n) is 4.13. The lowest BCUT2D eigenvalue weighted by atomic mass is 9.96. The number of amidine groups is 1. The molecule has 1 saturated heterocycles. The van der Waals surface area contributed by atoms with Crippen molar-refractivity contribution in [3.05, 3.63) is 71.3 Å². The summed E-state index contributed by atoms with van der Waals surface area (Å²) in [4.78, 5) is 75.6. The molecular weight excluding hydrogens is 498 g/mol. The van der Waals surface area contributed by atoms with Gasteiger partial charge in [-0.3, -0.25) is 29.4 Å². The van der Waals surface area contributed by atoms with Crippen LogP contribution in [0.5, 0.6) is 0 Å². The summed E-state index contributed by atoms with van der Waals surface area (Å²) in [6.45, 7) is 0.948. The van der Waals surface area contributed by atoms with Gasteiger partial charge in [-0.05, 0) is 11.1 Å². The van der Waals surface area contributed by atoms with E-state index in [0.29, 0.717) is 21.1 Å². The number of hydrazine groups is 1. The van der Waals surface area contributed by atoms with E-state index in [1.807, 2.05) is 0 Å². The van der Waals surface area contributed by atoms with Crippen molar-refractivity contribution < 1.29 is 39.0 Å². The molecule has 2 aromatic carbocycles. The first-order valence-corrected chi connectivity index (χ1v) is 11.3. The minimum Gasteiger partial charge on any atom is -0.481 e. The average molecular weight is 524 g/mol. The number of nitrogens with two attached hydrogens (primary N) is 1. The van der Waals surface area contributed by atoms with Crippen LogP contribution in [0.25, 0.3) is 0 Å². The molecule has 0 aromatic heterocycles. The number of hydrogen-bond donors (Lipinski definition) is 5. The van der Waals surface area contributed by atoms with Crippen LogP contribution in [0.15, 0.2) is 54.6 Å². The van der Waals surface area contributed by atoms with Crippen molar-refractivity contribution in [2.75, 3.05) is 0 Å². The quantitative estimate of drug-likeness (QED) is 0.165. The van der Waals surface area contributed by atoms with Crippen LogP contribution in [0.2, 0.25) is 0 Å². The number of carboxylic acids is 2. The van der Waals surface area contributed by atoms with Crippen LogP contribution in [0.1, 0.15) is 48.4 Å². The fraction of sp³-hybridized carbons (Fsp3) is 0.240. The van der Waals surface area contributed by atoms with Gasteiger partial charge in [0.05, 0.1) is 12.3 Å². The molecule has 198 valence electrons. The normalized spacial score (nSPS) is 16.4. The van der Waals surface area contributed by atoms with Gasteiger partial charge in [-0.2, -0.15) is 5.01 Å². The zero-order valence-corrected chi connectivity index (χ0v) is 20.2. The van der Waals surface area contributed by atoms with Gasteiger partial charge < -0.3 is 21.3 Å². The molecule has 0 saturated carbocycles. The van der Waals surface area contributed by atoms with Crippen molar-refractivity contribution in [3.8, 4) is 0 Å². The number of amides is 4. The maximum Gasteiger partial charge on any atom is 0.330 e. The number of nitrogens with zero attached hydrogens (tertiary/aromatic N) is 2. The molecular formula is C25H25N5O8. The molecule has 0 bridgehead atoms. The zero-order valence-electron chi connectivity index (χ0n) is 20.2. The highest BCUT2D eigenvalue weighted by molar-refractivity contribution is 6.08. The average Bonchev–Trinajstić information content (AvgIpc) is 3.15. The van der Waals surface area contributed by atoms with Crippen molar-refractivity contribution in [3.63, 3.8) is 0 Å². The Kier molecular flexibility index (Phi) is 8.20. The number of nitrogens with one attached hydrogen (secondary N) is 2. The number of hydrogen-bond acceptors (Lipinski definition) is 7. The standard InChI is InChI=1S/C25H25N5O8/c1-13(31)29(30-19(32)11-17(24(30)36)14-7-9-16(10-8-14)22(26)27)18(12-20(33)34)23(35)28-21(25(37)38)15-5-3-2-4-6-15/h2-10,17-18,21H,11-12H2,1H3,(H3,26,27)(H,28,35)(H,33,34)(H,37,38)/t17?,18-,21-/m0/s1. The summed E-state index contributed by atoms with van der Waals surface area (Å²) in [6, 6.07) is 10.0. The Hall–Kier alpha value is -5.07. The molecule has 0 radical (unpaired) electrons. The predicted molar refractivity (Wildman–Crippen MR) is 130 cm³/mol. The predicted octanol–water partition coefficient (Wildman–Crippen LogP) is 0.362. The number of nitrogen functional groups attached to an aromatic ring is 1. The minimum atomic E-state index is -1.91. The van der Waals surface area contributed by atoms with Crippen molar-refractivity contribution in [2.45, 2.75) is 37.8 Å². The summed E-state index contributed by atoms with van der Waals surface area (Å²) in [5.41, 5.74) is 6.39. The molecule has 0 spiro atoms. The molecule has 1 aliphatic heterocycles. The van der Waals surface area contributed by atoms with Gasteiger partial charge in [0.25, 0.3) is 5.91 Å². The van der Waals surface area contributed by atoms with Gasteiger partial charge in [-0.25, -0.2) is 9.80 Å². The molecule has 38 heavy (non-hydrogen) atoms. The molecule has 0 aliphatic carbocycles. The third-order valence-corrected chi connectivity index (χ3v) is 5.92. The molecule has 4 amide bonds. The number of rotatable bonds is 10. The van der Waals surface area contributed by atoms with Gasteiger partial charge in [0, 0.05) is 18.9 Å². The van der Waals surface area contributed by atoms with Gasteiger partial charge in [0.1, 0.15) is 11.9 Å². The smallest absolute Gasteiger partial charge is 0.330 e. The van der Waals surface area contributed by atoms with E-state index < -0.39 is 60.0 Å². The van der Waals surface area contributed by atoms with Crippen molar-refractivity contribution >= 4 is 41.4 Å². The zero-order chi connectivity index (χ0) is 28.1. The molecule has 3 rings (SSSR count). The van der Waals surface area contributed by atoms with Crippen molar-refractivity contribution in [1.29, 1.82) is 5.41 Å². The van der Waals surface area contributed by atoms with Crippen LogP contribution in [-0.2, 0) is 28.8 Å². The summed E-state index contributed by atoms with van der Waals surface area (Å²) in [5.74, 6) is -8.12. The maximum absolute atomic E-state index is 13.3. The van der Waals surface area contributed by atoms with Gasteiger partial charge in [0.15, 0.2) is 6.04 Å². The van der Waals surface area contributed by atoms with Crippen molar-refractivity contribution in [1.82, 2.24) is 15.3 Å². The van der Waals surface area contributed by atoms with Gasteiger partial charge in [0.2, 0.25) is 17.7 Å². The highest BCUT2D eigenvalue weighted by Crippen LogP contribution is 2.32. The first-order valence-electron chi connectivity index (χ1n) is 11.3. The van der Waals surface area contributed by atoms with Gasteiger partial charge >= 0.3 is 11.9 Å². The molecule has 13 nitrogen and oxygen atoms in total. The second-order valence-corrected chi connectivity index (χ2v) is 8.50. The summed E-state index contributed by atoms with van der Waals surface area (Å²) < 4.78 is 0. The summed E-state index contributed by atoms with van der Waals surface area (Å²) >= 11 is 0. The minimum absolute atomic E-state index is 0.180. The Bertz CT molecular complexity index is 1290. The molecule has 1 heterocycles. The largest absolute Gasteiger partial charge is 0.481 e. The Balaban J connectivity index is 1.95. The Morgan fingerprint density at radius 1 is 1.08 bits per heavy atom. The molecule has 6 N–H and O–H groups in total. The number of carbonyl (C=O) groups excluding carboxylic acids is 4. The van der Waals surface area contributed by atoms with E-state index in [0.717, 1.165) is 6.92 Å². The first kappa shape index (κ1) is 27.5. The van der Waals surface area contributed by atoms with Crippen LogP contribution >= 0.6 is 0 Å². The van der Waals surface area contributed by atoms with Crippen LogP contribution in [0, 0.1) is 5.41 Å². The third-order valence-electron chi connectivity index (χ3n) is 5.92. The second-order valence-electron chi connectivity index (χ2n) is 8.50. The fourth-order valence-corrected chi connectivity index (χ4v) is 4.13. The highest BCUT2D eigenvalue weighted by Gasteiger charge is 2.48. The van der Waals surface area contributed by atoms with E-state index >= 15 is 0 Å². The highest BCUT2D eigenvalue weighted by atomic mass is 16.4. The summed E-state index contributed by atoms with van der Waals surface area (Å²) in [7, 11) is 0. The number of carbonyl (C=O) groups is 6. The molecule has 1 fully saturated rings. The molecule has 3 atom stereocenters. The summed E-state index contributed by atoms with van der Waals surface area (Å²) in [6.07, 6.45) is -1.38. The van der Waals surface area contributed by atoms with Crippen LogP contribution in [0.3, 0.4) is 0 Å². The molecule has 2 aromatic rings. The maximum atomic E-state index is 13.3. The number of carboxylic acid groups (broad SMARTS) is 2. The monoisotopic (exact) mass is 523 g/mol. The number of aliphatic carboxylic acids is 2. The Labute approximate surface area is 216 Å². The van der Waals surface area contributed by atoms with E-state index in [-0.39, 0.29) is 17.8 Å². The van der Waals surface area contributed by atoms with Gasteiger partial charge in [-0.1, -0.05) is 54.6 Å². The lowest BCUT2D eigenvalue weighted by Crippen LogP contribution is -2.59. The molecule has 1 aliphatic rings. The SMILES string of the molecule is CC(=O)N([C@@H](CC(=O)O)C(=O)N[C@H](C(=O)O)c1ccccc1)N1C(=O)CC(c2ccc(C(=N)N)cc2)C1=O. The van der Waals surface area contributed by atoms with E-state index in [1.54, 1.807) is 18.2 Å².